The first-order chi connectivity index (χ1) is 9.21. The van der Waals surface area contributed by atoms with Gasteiger partial charge in [0.2, 0.25) is 0 Å². The molecule has 0 unspecified atom stereocenters. The van der Waals surface area contributed by atoms with Crippen LogP contribution in [0.2, 0.25) is 0 Å². The number of methoxy groups -OCH3 is 1. The van der Waals surface area contributed by atoms with Crippen LogP contribution in [0.3, 0.4) is 0 Å². The van der Waals surface area contributed by atoms with Crippen molar-refractivity contribution >= 4 is 11.4 Å². The number of rotatable bonds is 5. The predicted molar refractivity (Wildman–Crippen MR) is 80.7 cm³/mol. The minimum atomic E-state index is 0.739. The first-order valence-electron chi connectivity index (χ1n) is 7.12. The summed E-state index contributed by atoms with van der Waals surface area (Å²) in [5, 5.41) is 3.48. The Kier molecular flexibility index (Phi) is 4.91. The van der Waals surface area contributed by atoms with E-state index in [0.29, 0.717) is 0 Å². The molecule has 0 aliphatic carbocycles. The van der Waals surface area contributed by atoms with Crippen molar-refractivity contribution in [1.29, 1.82) is 0 Å². The van der Waals surface area contributed by atoms with E-state index in [1.807, 2.05) is 18.2 Å². The summed E-state index contributed by atoms with van der Waals surface area (Å²) in [5.41, 5.74) is 7.64. The molecule has 0 atom stereocenters. The Morgan fingerprint density at radius 3 is 2.68 bits per heavy atom. The number of ether oxygens (including phenoxy) is 1. The number of nitrogens with two attached hydrogens (primary N) is 1. The Hall–Kier alpha value is -1.42. The van der Waals surface area contributed by atoms with Crippen molar-refractivity contribution in [2.75, 3.05) is 44.3 Å². The van der Waals surface area contributed by atoms with Crippen molar-refractivity contribution in [2.24, 2.45) is 5.92 Å². The van der Waals surface area contributed by atoms with Gasteiger partial charge in [0, 0.05) is 30.1 Å². The summed E-state index contributed by atoms with van der Waals surface area (Å²) in [7, 11) is 1.67. The highest BCUT2D eigenvalue weighted by Crippen LogP contribution is 2.23. The molecule has 0 spiro atoms. The number of likely N-dealkylation sites (tertiary alicyclic amines) is 1. The molecule has 1 heterocycles. The zero-order chi connectivity index (χ0) is 13.7. The summed E-state index contributed by atoms with van der Waals surface area (Å²) in [6, 6.07) is 5.80. The molecular formula is C15H25N3O. The molecule has 4 heteroatoms. The van der Waals surface area contributed by atoms with Crippen LogP contribution in [-0.2, 0) is 0 Å². The van der Waals surface area contributed by atoms with Gasteiger partial charge in [-0.2, -0.15) is 0 Å². The number of nitrogens with zero attached hydrogens (tertiary/aromatic N) is 1. The minimum Gasteiger partial charge on any atom is -0.497 e. The molecule has 106 valence electrons. The van der Waals surface area contributed by atoms with E-state index in [-0.39, 0.29) is 0 Å². The van der Waals surface area contributed by atoms with E-state index in [9.17, 15) is 0 Å². The quantitative estimate of drug-likeness (QED) is 0.801. The van der Waals surface area contributed by atoms with Gasteiger partial charge < -0.3 is 20.7 Å². The number of nitrogen functional groups attached to an aromatic ring is 1. The van der Waals surface area contributed by atoms with Gasteiger partial charge in [0.1, 0.15) is 5.75 Å². The molecule has 0 bridgehead atoms. The normalized spacial score (nSPS) is 17.4. The molecule has 19 heavy (non-hydrogen) atoms. The van der Waals surface area contributed by atoms with E-state index in [1.165, 1.54) is 32.5 Å². The minimum absolute atomic E-state index is 0.739. The van der Waals surface area contributed by atoms with Gasteiger partial charge in [-0.05, 0) is 44.5 Å². The number of hydrogen-bond acceptors (Lipinski definition) is 4. The highest BCUT2D eigenvalue weighted by Gasteiger charge is 2.17. The van der Waals surface area contributed by atoms with Crippen LogP contribution in [-0.4, -0.2) is 38.2 Å². The fraction of sp³-hybridized carbons (Fsp3) is 0.600. The van der Waals surface area contributed by atoms with E-state index >= 15 is 0 Å². The van der Waals surface area contributed by atoms with E-state index in [0.717, 1.165) is 29.6 Å². The third-order valence-electron chi connectivity index (χ3n) is 3.91. The fourth-order valence-corrected chi connectivity index (χ4v) is 2.61. The Labute approximate surface area is 115 Å². The second-order valence-electron chi connectivity index (χ2n) is 5.25. The van der Waals surface area contributed by atoms with Crippen LogP contribution in [0.25, 0.3) is 0 Å². The SMILES string of the molecule is CCN1CCC(CNc2cc(N)cc(OC)c2)CC1. The van der Waals surface area contributed by atoms with Crippen molar-refractivity contribution in [3.8, 4) is 5.75 Å². The van der Waals surface area contributed by atoms with Gasteiger partial charge >= 0.3 is 0 Å². The highest BCUT2D eigenvalue weighted by atomic mass is 16.5. The number of benzene rings is 1. The van der Waals surface area contributed by atoms with E-state index in [4.69, 9.17) is 10.5 Å². The second kappa shape index (κ2) is 6.66. The molecular weight excluding hydrogens is 238 g/mol. The number of piperidine rings is 1. The lowest BCUT2D eigenvalue weighted by Gasteiger charge is -2.31. The van der Waals surface area contributed by atoms with Gasteiger partial charge in [-0.25, -0.2) is 0 Å². The molecule has 4 nitrogen and oxygen atoms in total. The lowest BCUT2D eigenvalue weighted by atomic mass is 9.97. The summed E-state index contributed by atoms with van der Waals surface area (Å²) >= 11 is 0. The summed E-state index contributed by atoms with van der Waals surface area (Å²) < 4.78 is 5.23. The zero-order valence-corrected chi connectivity index (χ0v) is 12.0. The average molecular weight is 263 g/mol. The van der Waals surface area contributed by atoms with Crippen molar-refractivity contribution in [3.05, 3.63) is 18.2 Å². The summed E-state index contributed by atoms with van der Waals surface area (Å²) in [4.78, 5) is 2.51. The topological polar surface area (TPSA) is 50.5 Å². The lowest BCUT2D eigenvalue weighted by molar-refractivity contribution is 0.198. The Balaban J connectivity index is 1.84. The van der Waals surface area contributed by atoms with Crippen LogP contribution in [0.15, 0.2) is 18.2 Å². The van der Waals surface area contributed by atoms with E-state index in [1.54, 1.807) is 7.11 Å². The van der Waals surface area contributed by atoms with Gasteiger partial charge in [-0.15, -0.1) is 0 Å². The molecule has 1 aliphatic heterocycles. The maximum atomic E-state index is 5.85. The van der Waals surface area contributed by atoms with E-state index < -0.39 is 0 Å². The zero-order valence-electron chi connectivity index (χ0n) is 12.0. The smallest absolute Gasteiger partial charge is 0.122 e. The van der Waals surface area contributed by atoms with Crippen LogP contribution >= 0.6 is 0 Å². The molecule has 0 amide bonds. The number of nitrogens with one attached hydrogen (secondary N) is 1. The molecule has 0 aromatic heterocycles. The number of hydrogen-bond donors (Lipinski definition) is 2. The first-order valence-corrected chi connectivity index (χ1v) is 7.12. The van der Waals surface area contributed by atoms with E-state index in [2.05, 4.69) is 17.1 Å². The third kappa shape index (κ3) is 4.03. The van der Waals surface area contributed by atoms with Gasteiger partial charge in [-0.1, -0.05) is 6.92 Å². The first kappa shape index (κ1) is 14.0. The molecule has 0 saturated carbocycles. The molecule has 1 aromatic rings. The predicted octanol–water partition coefficient (Wildman–Crippen LogP) is 2.42. The van der Waals surface area contributed by atoms with Crippen molar-refractivity contribution in [3.63, 3.8) is 0 Å². The standard InChI is InChI=1S/C15H25N3O/c1-3-18-6-4-12(5-7-18)11-17-14-8-13(16)9-15(10-14)19-2/h8-10,12,17H,3-7,11,16H2,1-2H3. The van der Waals surface area contributed by atoms with Gasteiger partial charge in [0.15, 0.2) is 0 Å². The maximum Gasteiger partial charge on any atom is 0.122 e. The third-order valence-corrected chi connectivity index (χ3v) is 3.91. The molecule has 0 radical (unpaired) electrons. The largest absolute Gasteiger partial charge is 0.497 e. The van der Waals surface area contributed by atoms with Gasteiger partial charge in [0.05, 0.1) is 7.11 Å². The maximum absolute atomic E-state index is 5.85. The molecule has 1 aliphatic rings. The van der Waals surface area contributed by atoms with Crippen LogP contribution in [0.5, 0.6) is 5.75 Å². The van der Waals surface area contributed by atoms with Gasteiger partial charge in [0.25, 0.3) is 0 Å². The van der Waals surface area contributed by atoms with Crippen LogP contribution in [0.4, 0.5) is 11.4 Å². The van der Waals surface area contributed by atoms with Crippen molar-refractivity contribution < 1.29 is 4.74 Å². The number of anilines is 2. The highest BCUT2D eigenvalue weighted by molar-refractivity contribution is 5.59. The Morgan fingerprint density at radius 1 is 1.32 bits per heavy atom. The Bertz CT molecular complexity index is 400. The van der Waals surface area contributed by atoms with Crippen molar-refractivity contribution in [2.45, 2.75) is 19.8 Å². The van der Waals surface area contributed by atoms with Crippen LogP contribution < -0.4 is 15.8 Å². The monoisotopic (exact) mass is 263 g/mol. The lowest BCUT2D eigenvalue weighted by Crippen LogP contribution is -2.35. The molecule has 3 N–H and O–H groups in total. The van der Waals surface area contributed by atoms with Crippen molar-refractivity contribution in [1.82, 2.24) is 4.90 Å². The second-order valence-corrected chi connectivity index (χ2v) is 5.25. The molecule has 1 fully saturated rings. The summed E-state index contributed by atoms with van der Waals surface area (Å²) in [6.45, 7) is 6.88. The van der Waals surface area contributed by atoms with Crippen LogP contribution in [0.1, 0.15) is 19.8 Å². The molecule has 2 rings (SSSR count). The summed E-state index contributed by atoms with van der Waals surface area (Å²) in [6.07, 6.45) is 2.56. The Morgan fingerprint density at radius 2 is 2.05 bits per heavy atom. The van der Waals surface area contributed by atoms with Gasteiger partial charge in [-0.3, -0.25) is 0 Å². The van der Waals surface area contributed by atoms with Crippen LogP contribution in [0, 0.1) is 5.92 Å². The molecule has 1 aromatic carbocycles. The molecule has 1 saturated heterocycles. The average Bonchev–Trinajstić information content (AvgIpc) is 2.45. The summed E-state index contributed by atoms with van der Waals surface area (Å²) in [5.74, 6) is 1.57. The fourth-order valence-electron chi connectivity index (χ4n) is 2.61.